The molecule has 4 heterocycles. The topological polar surface area (TPSA) is 100 Å². The lowest BCUT2D eigenvalue weighted by Gasteiger charge is -2.22. The molecule has 0 radical (unpaired) electrons. The van der Waals surface area contributed by atoms with Gasteiger partial charge in [-0.1, -0.05) is 32.9 Å². The summed E-state index contributed by atoms with van der Waals surface area (Å²) >= 11 is 0. The van der Waals surface area contributed by atoms with Crippen molar-refractivity contribution >= 4 is 23.2 Å². The van der Waals surface area contributed by atoms with Gasteiger partial charge in [0.25, 0.3) is 11.5 Å². The Labute approximate surface area is 217 Å². The van der Waals surface area contributed by atoms with Crippen LogP contribution in [0.15, 0.2) is 41.2 Å². The highest BCUT2D eigenvalue weighted by atomic mass is 16.2. The van der Waals surface area contributed by atoms with E-state index in [9.17, 15) is 9.59 Å². The lowest BCUT2D eigenvalue weighted by atomic mass is 9.86. The highest BCUT2D eigenvalue weighted by Crippen LogP contribution is 2.24. The fourth-order valence-corrected chi connectivity index (χ4v) is 4.91. The van der Waals surface area contributed by atoms with Gasteiger partial charge in [-0.05, 0) is 36.6 Å². The molecule has 3 aromatic rings. The van der Waals surface area contributed by atoms with E-state index in [-0.39, 0.29) is 22.9 Å². The molecule has 5 rings (SSSR count). The fourth-order valence-electron chi connectivity index (χ4n) is 4.91. The van der Waals surface area contributed by atoms with Gasteiger partial charge in [-0.25, -0.2) is 4.68 Å². The molecule has 37 heavy (non-hydrogen) atoms. The number of carbonyl (C=O) groups is 1. The Kier molecular flexibility index (Phi) is 6.53. The Balaban J connectivity index is 1.26. The molecule has 1 amide bonds. The SMILES string of the molecule is CN1CCn2nc(Nc3cc(N4CCC(NC(=O)c5ccc(C(C)(C)C)cc5)C4)nn(C)c3=O)cc2C1. The van der Waals surface area contributed by atoms with E-state index < -0.39 is 0 Å². The molecule has 2 aliphatic rings. The molecule has 196 valence electrons. The molecule has 10 nitrogen and oxygen atoms in total. The summed E-state index contributed by atoms with van der Waals surface area (Å²) in [6, 6.07) is 11.6. The minimum atomic E-state index is -0.213. The zero-order valence-corrected chi connectivity index (χ0v) is 22.3. The number of rotatable bonds is 5. The van der Waals surface area contributed by atoms with Crippen LogP contribution in [0, 0.1) is 0 Å². The largest absolute Gasteiger partial charge is 0.353 e. The van der Waals surface area contributed by atoms with Crippen LogP contribution in [0.3, 0.4) is 0 Å². The average molecular weight is 505 g/mol. The first kappa shape index (κ1) is 25.0. The minimum Gasteiger partial charge on any atom is -0.353 e. The minimum absolute atomic E-state index is 0.00194. The average Bonchev–Trinajstić information content (AvgIpc) is 3.47. The van der Waals surface area contributed by atoms with Crippen molar-refractivity contribution in [1.82, 2.24) is 29.8 Å². The first-order chi connectivity index (χ1) is 17.6. The van der Waals surface area contributed by atoms with Gasteiger partial charge in [-0.3, -0.25) is 19.2 Å². The van der Waals surface area contributed by atoms with E-state index in [1.165, 1.54) is 10.2 Å². The number of fused-ring (bicyclic) bond motifs is 1. The zero-order valence-electron chi connectivity index (χ0n) is 22.3. The number of amides is 1. The van der Waals surface area contributed by atoms with Gasteiger partial charge in [0.2, 0.25) is 0 Å². The van der Waals surface area contributed by atoms with E-state index in [0.29, 0.717) is 29.4 Å². The molecular weight excluding hydrogens is 468 g/mol. The fraction of sp³-hybridized carbons (Fsp3) is 0.481. The molecule has 0 aliphatic carbocycles. The molecule has 2 N–H and O–H groups in total. The van der Waals surface area contributed by atoms with E-state index in [1.54, 1.807) is 13.1 Å². The molecule has 1 unspecified atom stereocenters. The first-order valence-corrected chi connectivity index (χ1v) is 12.8. The number of aromatic nitrogens is 4. The standard InChI is InChI=1S/C27H36N8O2/c1-27(2,3)19-8-6-18(7-9-19)25(36)28-20-10-11-34(16-20)24-15-22(26(37)33(5)31-24)29-23-14-21-17-32(4)12-13-35(21)30-23/h6-9,14-15,20H,10-13,16-17H2,1-5H3,(H,28,36)(H,29,30). The van der Waals surface area contributed by atoms with Crippen LogP contribution in [0.1, 0.15) is 48.8 Å². The predicted molar refractivity (Wildman–Crippen MR) is 145 cm³/mol. The molecular formula is C27H36N8O2. The van der Waals surface area contributed by atoms with E-state index >= 15 is 0 Å². The van der Waals surface area contributed by atoms with E-state index in [0.717, 1.165) is 38.3 Å². The number of benzene rings is 1. The number of hydrogen-bond donors (Lipinski definition) is 2. The van der Waals surface area contributed by atoms with Crippen molar-refractivity contribution in [2.24, 2.45) is 7.05 Å². The number of nitrogens with one attached hydrogen (secondary N) is 2. The van der Waals surface area contributed by atoms with Crippen LogP contribution in [-0.4, -0.2) is 63.1 Å². The molecule has 1 saturated heterocycles. The molecule has 2 aliphatic heterocycles. The van der Waals surface area contributed by atoms with Crippen LogP contribution >= 0.6 is 0 Å². The van der Waals surface area contributed by atoms with Crippen molar-refractivity contribution in [2.75, 3.05) is 36.9 Å². The molecule has 0 saturated carbocycles. The van der Waals surface area contributed by atoms with Crippen LogP contribution in [0.25, 0.3) is 0 Å². The third-order valence-electron chi connectivity index (χ3n) is 7.16. The van der Waals surface area contributed by atoms with Gasteiger partial charge in [-0.15, -0.1) is 0 Å². The number of carbonyl (C=O) groups excluding carboxylic acids is 1. The Bertz CT molecular complexity index is 1350. The van der Waals surface area contributed by atoms with Crippen LogP contribution in [0.4, 0.5) is 17.3 Å². The maximum absolute atomic E-state index is 12.9. The summed E-state index contributed by atoms with van der Waals surface area (Å²) in [5.74, 6) is 1.28. The Hall–Kier alpha value is -3.66. The number of likely N-dealkylation sites (N-methyl/N-ethyl adjacent to an activating group) is 1. The van der Waals surface area contributed by atoms with Crippen molar-refractivity contribution in [3.05, 3.63) is 63.6 Å². The smallest absolute Gasteiger partial charge is 0.290 e. The maximum atomic E-state index is 12.9. The maximum Gasteiger partial charge on any atom is 0.290 e. The summed E-state index contributed by atoms with van der Waals surface area (Å²) < 4.78 is 3.34. The Morgan fingerprint density at radius 2 is 1.78 bits per heavy atom. The van der Waals surface area contributed by atoms with Crippen molar-refractivity contribution < 1.29 is 4.79 Å². The van der Waals surface area contributed by atoms with E-state index in [4.69, 9.17) is 0 Å². The normalized spacial score (nSPS) is 18.1. The van der Waals surface area contributed by atoms with Gasteiger partial charge < -0.3 is 15.5 Å². The van der Waals surface area contributed by atoms with Crippen molar-refractivity contribution in [3.63, 3.8) is 0 Å². The molecule has 1 atom stereocenters. The summed E-state index contributed by atoms with van der Waals surface area (Å²) in [5, 5.41) is 15.5. The summed E-state index contributed by atoms with van der Waals surface area (Å²) in [5.41, 5.74) is 3.24. The first-order valence-electron chi connectivity index (χ1n) is 12.8. The van der Waals surface area contributed by atoms with E-state index in [2.05, 4.69) is 58.4 Å². The monoisotopic (exact) mass is 504 g/mol. The van der Waals surface area contributed by atoms with Crippen molar-refractivity contribution in [1.29, 1.82) is 0 Å². The van der Waals surface area contributed by atoms with Crippen LogP contribution in [0.5, 0.6) is 0 Å². The van der Waals surface area contributed by atoms with Gasteiger partial charge in [0.1, 0.15) is 5.69 Å². The van der Waals surface area contributed by atoms with Gasteiger partial charge in [0, 0.05) is 57.0 Å². The molecule has 1 aromatic carbocycles. The van der Waals surface area contributed by atoms with Crippen LogP contribution in [0.2, 0.25) is 0 Å². The summed E-state index contributed by atoms with van der Waals surface area (Å²) in [4.78, 5) is 30.0. The Morgan fingerprint density at radius 3 is 2.51 bits per heavy atom. The number of nitrogens with zero attached hydrogens (tertiary/aromatic N) is 6. The second-order valence-corrected chi connectivity index (χ2v) is 11.2. The van der Waals surface area contributed by atoms with Crippen molar-refractivity contribution in [2.45, 2.75) is 51.7 Å². The van der Waals surface area contributed by atoms with E-state index in [1.807, 2.05) is 35.0 Å². The lowest BCUT2D eigenvalue weighted by molar-refractivity contribution is 0.0940. The second-order valence-electron chi connectivity index (χ2n) is 11.2. The van der Waals surface area contributed by atoms with Gasteiger partial charge in [0.15, 0.2) is 11.6 Å². The van der Waals surface area contributed by atoms with Crippen LogP contribution in [-0.2, 0) is 25.6 Å². The summed E-state index contributed by atoms with van der Waals surface area (Å²) in [6.07, 6.45) is 0.806. The Morgan fingerprint density at radius 1 is 1.03 bits per heavy atom. The highest BCUT2D eigenvalue weighted by molar-refractivity contribution is 5.94. The quantitative estimate of drug-likeness (QED) is 0.551. The molecule has 10 heteroatoms. The third-order valence-corrected chi connectivity index (χ3v) is 7.16. The molecule has 0 spiro atoms. The second kappa shape index (κ2) is 9.66. The highest BCUT2D eigenvalue weighted by Gasteiger charge is 2.27. The van der Waals surface area contributed by atoms with Gasteiger partial charge >= 0.3 is 0 Å². The number of hydrogen-bond acceptors (Lipinski definition) is 7. The summed E-state index contributed by atoms with van der Waals surface area (Å²) in [6.45, 7) is 10.4. The third kappa shape index (κ3) is 5.39. The van der Waals surface area contributed by atoms with Gasteiger partial charge in [-0.2, -0.15) is 10.2 Å². The number of aryl methyl sites for hydroxylation is 1. The number of anilines is 3. The van der Waals surface area contributed by atoms with Gasteiger partial charge in [0.05, 0.1) is 12.2 Å². The predicted octanol–water partition coefficient (Wildman–Crippen LogP) is 2.47. The molecule has 0 bridgehead atoms. The zero-order chi connectivity index (χ0) is 26.3. The lowest BCUT2D eigenvalue weighted by Crippen LogP contribution is -2.37. The summed E-state index contributed by atoms with van der Waals surface area (Å²) in [7, 11) is 3.74. The molecule has 1 fully saturated rings. The van der Waals surface area contributed by atoms with Crippen molar-refractivity contribution in [3.8, 4) is 0 Å². The molecule has 2 aromatic heterocycles. The van der Waals surface area contributed by atoms with Crippen LogP contribution < -0.4 is 21.1 Å².